The molecule has 1 atom stereocenters. The molecule has 0 saturated heterocycles. The molecule has 2 aromatic carbocycles. The summed E-state index contributed by atoms with van der Waals surface area (Å²) in [5.41, 5.74) is 2.80. The second kappa shape index (κ2) is 8.57. The minimum Gasteiger partial charge on any atom is -0.496 e. The number of nitrogens with one attached hydrogen (secondary N) is 1. The van der Waals surface area contributed by atoms with Crippen molar-refractivity contribution in [2.24, 2.45) is 5.92 Å². The number of rotatable bonds is 4. The van der Waals surface area contributed by atoms with E-state index in [1.165, 1.54) is 13.2 Å². The largest absolute Gasteiger partial charge is 0.496 e. The lowest BCUT2D eigenvalue weighted by Crippen LogP contribution is -2.00. The van der Waals surface area contributed by atoms with Crippen molar-refractivity contribution < 1.29 is 13.5 Å². The molecule has 0 radical (unpaired) electrons. The summed E-state index contributed by atoms with van der Waals surface area (Å²) >= 11 is 0. The fraction of sp³-hybridized carbons (Fsp3) is 0.227. The average Bonchev–Trinajstić information content (AvgIpc) is 3.09. The molecule has 1 unspecified atom stereocenters. The van der Waals surface area contributed by atoms with Crippen molar-refractivity contribution in [3.8, 4) is 16.9 Å². The third-order valence-electron chi connectivity index (χ3n) is 4.91. The second-order valence-electron chi connectivity index (χ2n) is 6.72. The first-order valence-electron chi connectivity index (χ1n) is 8.99. The normalized spacial score (nSPS) is 16.8. The first-order chi connectivity index (χ1) is 13.1. The molecule has 1 N–H and O–H groups in total. The Morgan fingerprint density at radius 1 is 1.21 bits per heavy atom. The number of aromatic amines is 1. The zero-order chi connectivity index (χ0) is 18.8. The Labute approximate surface area is 168 Å². The number of hydrogen-bond acceptors (Lipinski definition) is 2. The third kappa shape index (κ3) is 4.09. The maximum absolute atomic E-state index is 14.3. The van der Waals surface area contributed by atoms with Crippen LogP contribution in [0, 0.1) is 11.7 Å². The van der Waals surface area contributed by atoms with Gasteiger partial charge in [0.25, 0.3) is 0 Å². The SMILES string of the molecule is COc1cccc(F)c1-c1ccc2nc(/C=C/C3CC=C(F)CC3)[nH]c2c1.Cl. The maximum atomic E-state index is 14.3. The highest BCUT2D eigenvalue weighted by Crippen LogP contribution is 2.34. The van der Waals surface area contributed by atoms with E-state index in [0.717, 1.165) is 35.3 Å². The summed E-state index contributed by atoms with van der Waals surface area (Å²) in [5, 5.41) is 0. The molecule has 1 aromatic heterocycles. The van der Waals surface area contributed by atoms with Gasteiger partial charge in [0.1, 0.15) is 17.4 Å². The van der Waals surface area contributed by atoms with Gasteiger partial charge >= 0.3 is 0 Å². The van der Waals surface area contributed by atoms with Crippen LogP contribution in [0.1, 0.15) is 25.1 Å². The number of aromatic nitrogens is 2. The Kier molecular flexibility index (Phi) is 6.15. The summed E-state index contributed by atoms with van der Waals surface area (Å²) in [6, 6.07) is 10.4. The number of halogens is 3. The van der Waals surface area contributed by atoms with Gasteiger partial charge in [0, 0.05) is 0 Å². The maximum Gasteiger partial charge on any atom is 0.134 e. The molecule has 0 bridgehead atoms. The van der Waals surface area contributed by atoms with E-state index in [1.54, 1.807) is 18.2 Å². The van der Waals surface area contributed by atoms with E-state index < -0.39 is 0 Å². The molecule has 3 nitrogen and oxygen atoms in total. The third-order valence-corrected chi connectivity index (χ3v) is 4.91. The standard InChI is InChI=1S/C22H20F2N2O.ClH/c1-27-20-4-2-3-17(24)22(20)15-8-11-18-19(13-15)26-21(25-18)12-7-14-5-9-16(23)10-6-14;/h2-4,7-9,11-14H,5-6,10H2,1H3,(H,25,26);1H/b12-7+;. The molecule has 1 aliphatic carbocycles. The minimum atomic E-state index is -0.328. The number of ether oxygens (including phenoxy) is 1. The molecule has 1 aliphatic rings. The number of benzene rings is 2. The predicted molar refractivity (Wildman–Crippen MR) is 111 cm³/mol. The first kappa shape index (κ1) is 20.1. The zero-order valence-electron chi connectivity index (χ0n) is 15.4. The minimum absolute atomic E-state index is 0. The zero-order valence-corrected chi connectivity index (χ0v) is 16.2. The highest BCUT2D eigenvalue weighted by atomic mass is 35.5. The van der Waals surface area contributed by atoms with Crippen molar-refractivity contribution in [1.29, 1.82) is 0 Å². The number of nitrogens with zero attached hydrogens (tertiary/aromatic N) is 1. The van der Waals surface area contributed by atoms with Crippen molar-refractivity contribution in [2.45, 2.75) is 19.3 Å². The fourth-order valence-electron chi connectivity index (χ4n) is 3.44. The van der Waals surface area contributed by atoms with Gasteiger partial charge in [-0.05, 0) is 61.1 Å². The van der Waals surface area contributed by atoms with Crippen LogP contribution in [0.4, 0.5) is 8.78 Å². The van der Waals surface area contributed by atoms with E-state index in [4.69, 9.17) is 4.74 Å². The van der Waals surface area contributed by atoms with Gasteiger partial charge in [0.05, 0.1) is 29.5 Å². The number of allylic oxidation sites excluding steroid dienone is 3. The van der Waals surface area contributed by atoms with Crippen LogP contribution in [-0.4, -0.2) is 17.1 Å². The topological polar surface area (TPSA) is 37.9 Å². The van der Waals surface area contributed by atoms with Crippen molar-refractivity contribution in [3.05, 3.63) is 66.0 Å². The molecular formula is C22H21ClF2N2O. The van der Waals surface area contributed by atoms with E-state index in [1.807, 2.05) is 24.3 Å². The molecule has 0 saturated carbocycles. The molecule has 6 heteroatoms. The van der Waals surface area contributed by atoms with Crippen LogP contribution in [0.3, 0.4) is 0 Å². The van der Waals surface area contributed by atoms with Crippen LogP contribution in [0.15, 0.2) is 54.4 Å². The monoisotopic (exact) mass is 402 g/mol. The van der Waals surface area contributed by atoms with Crippen LogP contribution in [0.5, 0.6) is 5.75 Å². The summed E-state index contributed by atoms with van der Waals surface area (Å²) in [7, 11) is 1.53. The van der Waals surface area contributed by atoms with Crippen molar-refractivity contribution >= 4 is 29.5 Å². The van der Waals surface area contributed by atoms with Gasteiger partial charge in [-0.1, -0.05) is 24.3 Å². The molecule has 0 amide bonds. The van der Waals surface area contributed by atoms with E-state index >= 15 is 0 Å². The summed E-state index contributed by atoms with van der Waals surface area (Å²) in [6.07, 6.45) is 7.71. The molecule has 4 rings (SSSR count). The average molecular weight is 403 g/mol. The van der Waals surface area contributed by atoms with Crippen LogP contribution in [0.2, 0.25) is 0 Å². The number of imidazole rings is 1. The molecule has 0 fully saturated rings. The Balaban J connectivity index is 0.00000225. The molecule has 28 heavy (non-hydrogen) atoms. The van der Waals surface area contributed by atoms with Gasteiger partial charge in [-0.15, -0.1) is 12.4 Å². The Hall–Kier alpha value is -2.66. The van der Waals surface area contributed by atoms with Crippen LogP contribution in [0.25, 0.3) is 28.2 Å². The summed E-state index contributed by atoms with van der Waals surface area (Å²) < 4.78 is 32.7. The smallest absolute Gasteiger partial charge is 0.134 e. The van der Waals surface area contributed by atoms with E-state index in [2.05, 4.69) is 16.0 Å². The van der Waals surface area contributed by atoms with E-state index in [9.17, 15) is 8.78 Å². The molecular weight excluding hydrogens is 382 g/mol. The van der Waals surface area contributed by atoms with Gasteiger partial charge in [0.2, 0.25) is 0 Å². The Morgan fingerprint density at radius 3 is 2.82 bits per heavy atom. The number of H-pyrrole nitrogens is 1. The Morgan fingerprint density at radius 2 is 2.07 bits per heavy atom. The predicted octanol–water partition coefficient (Wildman–Crippen LogP) is 6.47. The van der Waals surface area contributed by atoms with Crippen molar-refractivity contribution in [2.75, 3.05) is 7.11 Å². The van der Waals surface area contributed by atoms with Gasteiger partial charge in [-0.25, -0.2) is 13.8 Å². The molecule has 3 aromatic rings. The van der Waals surface area contributed by atoms with Gasteiger partial charge in [-0.3, -0.25) is 0 Å². The Bertz CT molecular complexity index is 1040. The molecule has 1 heterocycles. The van der Waals surface area contributed by atoms with Crippen LogP contribution >= 0.6 is 12.4 Å². The van der Waals surface area contributed by atoms with E-state index in [-0.39, 0.29) is 24.1 Å². The lowest BCUT2D eigenvalue weighted by Gasteiger charge is -2.14. The van der Waals surface area contributed by atoms with Gasteiger partial charge in [-0.2, -0.15) is 0 Å². The van der Waals surface area contributed by atoms with Crippen LogP contribution < -0.4 is 4.74 Å². The quantitative estimate of drug-likeness (QED) is 0.543. The summed E-state index contributed by atoms with van der Waals surface area (Å²) in [5.74, 6) is 1.21. The molecule has 0 spiro atoms. The van der Waals surface area contributed by atoms with E-state index in [0.29, 0.717) is 23.7 Å². The molecule has 146 valence electrons. The second-order valence-corrected chi connectivity index (χ2v) is 6.72. The first-order valence-corrected chi connectivity index (χ1v) is 8.99. The highest BCUT2D eigenvalue weighted by Gasteiger charge is 2.14. The lowest BCUT2D eigenvalue weighted by molar-refractivity contribution is 0.413. The van der Waals surface area contributed by atoms with Gasteiger partial charge < -0.3 is 9.72 Å². The number of fused-ring (bicyclic) bond motifs is 1. The van der Waals surface area contributed by atoms with Crippen molar-refractivity contribution in [1.82, 2.24) is 9.97 Å². The lowest BCUT2D eigenvalue weighted by atomic mass is 9.93. The highest BCUT2D eigenvalue weighted by molar-refractivity contribution is 5.85. The van der Waals surface area contributed by atoms with Crippen molar-refractivity contribution in [3.63, 3.8) is 0 Å². The van der Waals surface area contributed by atoms with Crippen LogP contribution in [-0.2, 0) is 0 Å². The number of hydrogen-bond donors (Lipinski definition) is 1. The summed E-state index contributed by atoms with van der Waals surface area (Å²) in [4.78, 5) is 7.82. The fourth-order valence-corrected chi connectivity index (χ4v) is 3.44. The van der Waals surface area contributed by atoms with Gasteiger partial charge in [0.15, 0.2) is 0 Å². The molecule has 0 aliphatic heterocycles. The number of methoxy groups -OCH3 is 1. The summed E-state index contributed by atoms with van der Waals surface area (Å²) in [6.45, 7) is 0.